The molecule has 41 heavy (non-hydrogen) atoms. The molecule has 0 bridgehead atoms. The molecule has 5 aliphatic rings. The van der Waals surface area contributed by atoms with E-state index in [-0.39, 0.29) is 64.6 Å². The van der Waals surface area contributed by atoms with Crippen LogP contribution in [0.2, 0.25) is 0 Å². The molecule has 0 spiro atoms. The average molecular weight is 575 g/mol. The van der Waals surface area contributed by atoms with Crippen LogP contribution in [0.3, 0.4) is 0 Å². The third-order valence-corrected chi connectivity index (χ3v) is 13.4. The molecule has 4 aliphatic carbocycles. The fraction of sp³-hybridized carbons (Fsp3) is 0.912. The molecule has 0 aromatic heterocycles. The normalized spacial score (nSPS) is 47.2. The molecular weight excluding hydrogens is 520 g/mol. The Hall–Kier alpha value is -1.47. The van der Waals surface area contributed by atoms with E-state index in [1.807, 2.05) is 0 Å². The Morgan fingerprint density at radius 1 is 0.927 bits per heavy atom. The minimum atomic E-state index is -0.970. The van der Waals surface area contributed by atoms with E-state index in [0.29, 0.717) is 18.3 Å². The minimum Gasteiger partial charge on any atom is -0.465 e. The van der Waals surface area contributed by atoms with Gasteiger partial charge in [0.15, 0.2) is 0 Å². The zero-order valence-electron chi connectivity index (χ0n) is 26.9. The van der Waals surface area contributed by atoms with Gasteiger partial charge in [-0.3, -0.25) is 14.4 Å². The maximum atomic E-state index is 14.2. The number of ketones is 1. The van der Waals surface area contributed by atoms with Gasteiger partial charge in [0.1, 0.15) is 11.9 Å². The van der Waals surface area contributed by atoms with Crippen molar-refractivity contribution in [3.05, 3.63) is 0 Å². The van der Waals surface area contributed by atoms with Gasteiger partial charge < -0.3 is 19.3 Å². The number of fused-ring (bicyclic) bond motifs is 5. The molecule has 0 aromatic carbocycles. The number of carbonyl (C=O) groups excluding carboxylic acids is 3. The van der Waals surface area contributed by atoms with Crippen molar-refractivity contribution in [1.82, 2.24) is 0 Å². The fourth-order valence-corrected chi connectivity index (χ4v) is 11.6. The molecule has 7 heteroatoms. The van der Waals surface area contributed by atoms with Gasteiger partial charge in [-0.05, 0) is 101 Å². The van der Waals surface area contributed by atoms with Crippen molar-refractivity contribution >= 4 is 17.7 Å². The summed E-state index contributed by atoms with van der Waals surface area (Å²) in [5.74, 6) is 0.271. The minimum absolute atomic E-state index is 0.0300. The second-order valence-corrected chi connectivity index (χ2v) is 16.4. The second-order valence-electron chi connectivity index (χ2n) is 16.4. The molecule has 0 amide bonds. The van der Waals surface area contributed by atoms with Crippen LogP contribution in [-0.4, -0.2) is 52.8 Å². The van der Waals surface area contributed by atoms with Crippen LogP contribution in [0.15, 0.2) is 0 Å². The van der Waals surface area contributed by atoms with E-state index in [9.17, 15) is 19.5 Å². The van der Waals surface area contributed by atoms with Crippen LogP contribution in [0, 0.1) is 45.3 Å². The van der Waals surface area contributed by atoms with Gasteiger partial charge in [-0.2, -0.15) is 0 Å². The summed E-state index contributed by atoms with van der Waals surface area (Å²) in [6, 6.07) is 0. The van der Waals surface area contributed by atoms with Crippen LogP contribution in [0.25, 0.3) is 0 Å². The van der Waals surface area contributed by atoms with Gasteiger partial charge in [0.05, 0.1) is 23.9 Å². The SMILES string of the molecule is CC(=O)OC[C@@]12CC(=O)[C@H]([C@]3(C)CC[C@H](C(C)(C)O)O3)[C@H]1CC[C@@H]1[C@@]3(C)CC[C@H](OC(C)=O)C(C)(C)[C@@H]3CC[C@]12C. The molecule has 5 fully saturated rings. The van der Waals surface area contributed by atoms with E-state index >= 15 is 0 Å². The van der Waals surface area contributed by atoms with Crippen LogP contribution < -0.4 is 0 Å². The standard InChI is InChI=1S/C34H54O7/c1-20(35)39-19-34-18-23(37)28(33(9)17-14-27(41-33)30(5,6)38)22(34)10-11-25-31(7)15-13-26(40-21(2)36)29(3,4)24(31)12-16-32(25,34)8/h22,24-28,38H,10-19H2,1-9H3/t22-,24+,25-,26+,27-,28-,31+,32-,33+,34+/m1/s1. The molecule has 10 atom stereocenters. The maximum absolute atomic E-state index is 14.2. The maximum Gasteiger partial charge on any atom is 0.302 e. The van der Waals surface area contributed by atoms with Crippen molar-refractivity contribution < 1.29 is 33.7 Å². The quantitative estimate of drug-likeness (QED) is 0.400. The number of aliphatic hydroxyl groups is 1. The van der Waals surface area contributed by atoms with Crippen molar-refractivity contribution in [2.24, 2.45) is 45.3 Å². The Morgan fingerprint density at radius 2 is 1.61 bits per heavy atom. The summed E-state index contributed by atoms with van der Waals surface area (Å²) < 4.78 is 18.4. The lowest BCUT2D eigenvalue weighted by Gasteiger charge is -2.70. The van der Waals surface area contributed by atoms with E-state index in [1.54, 1.807) is 13.8 Å². The first-order chi connectivity index (χ1) is 18.8. The molecular formula is C34H54O7. The number of hydrogen-bond donors (Lipinski definition) is 1. The van der Waals surface area contributed by atoms with Crippen LogP contribution in [-0.2, 0) is 28.6 Å². The highest BCUT2D eigenvalue weighted by molar-refractivity contribution is 5.86. The smallest absolute Gasteiger partial charge is 0.302 e. The van der Waals surface area contributed by atoms with E-state index in [0.717, 1.165) is 51.4 Å². The largest absolute Gasteiger partial charge is 0.465 e. The van der Waals surface area contributed by atoms with Crippen LogP contribution in [0.5, 0.6) is 0 Å². The molecule has 1 N–H and O–H groups in total. The topological polar surface area (TPSA) is 99.1 Å². The zero-order chi connectivity index (χ0) is 30.4. The second kappa shape index (κ2) is 9.77. The number of ether oxygens (including phenoxy) is 3. The Labute approximate surface area is 246 Å². The van der Waals surface area contributed by atoms with Crippen molar-refractivity contribution in [3.8, 4) is 0 Å². The third kappa shape index (κ3) is 4.53. The van der Waals surface area contributed by atoms with E-state index in [4.69, 9.17) is 14.2 Å². The van der Waals surface area contributed by atoms with Gasteiger partial charge in [-0.1, -0.05) is 27.7 Å². The molecule has 7 nitrogen and oxygen atoms in total. The number of Topliss-reactive ketones (excluding diaryl/α,β-unsaturated/α-hetero) is 1. The lowest BCUT2D eigenvalue weighted by molar-refractivity contribution is -0.243. The lowest BCUT2D eigenvalue weighted by Crippen LogP contribution is -2.66. The van der Waals surface area contributed by atoms with Gasteiger partial charge in [0.25, 0.3) is 0 Å². The van der Waals surface area contributed by atoms with Crippen molar-refractivity contribution in [2.75, 3.05) is 6.61 Å². The van der Waals surface area contributed by atoms with Crippen molar-refractivity contribution in [2.45, 2.75) is 144 Å². The fourth-order valence-electron chi connectivity index (χ4n) is 11.6. The van der Waals surface area contributed by atoms with Gasteiger partial charge in [0.2, 0.25) is 0 Å². The predicted molar refractivity (Wildman–Crippen MR) is 155 cm³/mol. The van der Waals surface area contributed by atoms with Gasteiger partial charge in [0, 0.05) is 37.0 Å². The highest BCUT2D eigenvalue weighted by Gasteiger charge is 2.74. The van der Waals surface area contributed by atoms with Gasteiger partial charge in [-0.15, -0.1) is 0 Å². The van der Waals surface area contributed by atoms with Crippen molar-refractivity contribution in [1.29, 1.82) is 0 Å². The first-order valence-corrected chi connectivity index (χ1v) is 16.1. The lowest BCUT2D eigenvalue weighted by atomic mass is 9.35. The Kier molecular flexibility index (Phi) is 7.38. The van der Waals surface area contributed by atoms with Gasteiger partial charge >= 0.3 is 11.9 Å². The molecule has 4 saturated carbocycles. The van der Waals surface area contributed by atoms with Gasteiger partial charge in [-0.25, -0.2) is 0 Å². The van der Waals surface area contributed by atoms with Crippen molar-refractivity contribution in [3.63, 3.8) is 0 Å². The van der Waals surface area contributed by atoms with Crippen LogP contribution in [0.1, 0.15) is 120 Å². The van der Waals surface area contributed by atoms with E-state index in [1.165, 1.54) is 13.8 Å². The molecule has 1 aliphatic heterocycles. The number of rotatable bonds is 5. The number of hydrogen-bond acceptors (Lipinski definition) is 7. The molecule has 0 aromatic rings. The molecule has 1 heterocycles. The summed E-state index contributed by atoms with van der Waals surface area (Å²) in [5, 5.41) is 10.7. The average Bonchev–Trinajstić information content (AvgIpc) is 3.38. The molecule has 0 unspecified atom stereocenters. The summed E-state index contributed by atoms with van der Waals surface area (Å²) in [6.45, 7) is 18.3. The highest BCUT2D eigenvalue weighted by atomic mass is 16.5. The Morgan fingerprint density at radius 3 is 2.20 bits per heavy atom. The highest BCUT2D eigenvalue weighted by Crippen LogP contribution is 2.76. The van der Waals surface area contributed by atoms with Crippen LogP contribution >= 0.6 is 0 Å². The van der Waals surface area contributed by atoms with E-state index < -0.39 is 16.6 Å². The monoisotopic (exact) mass is 574 g/mol. The van der Waals surface area contributed by atoms with Crippen LogP contribution in [0.4, 0.5) is 0 Å². The molecule has 232 valence electrons. The molecule has 5 rings (SSSR count). The molecule has 1 saturated heterocycles. The summed E-state index contributed by atoms with van der Waals surface area (Å²) in [7, 11) is 0. The summed E-state index contributed by atoms with van der Waals surface area (Å²) in [5.41, 5.74) is -2.36. The summed E-state index contributed by atoms with van der Waals surface area (Å²) in [4.78, 5) is 38.5. The number of esters is 2. The Bertz CT molecular complexity index is 1090. The first kappa shape index (κ1) is 31.0. The Balaban J connectivity index is 1.53. The summed E-state index contributed by atoms with van der Waals surface area (Å²) in [6.07, 6.45) is 7.20. The van der Waals surface area contributed by atoms with E-state index in [2.05, 4.69) is 34.6 Å². The summed E-state index contributed by atoms with van der Waals surface area (Å²) >= 11 is 0. The predicted octanol–water partition coefficient (Wildman–Crippen LogP) is 6.03. The molecule has 0 radical (unpaired) electrons. The first-order valence-electron chi connectivity index (χ1n) is 16.1. The zero-order valence-corrected chi connectivity index (χ0v) is 26.9. The third-order valence-electron chi connectivity index (χ3n) is 13.4. The number of carbonyl (C=O) groups is 3.